The van der Waals surface area contributed by atoms with Gasteiger partial charge in [0.1, 0.15) is 0 Å². The monoisotopic (exact) mass is 354 g/mol. The van der Waals surface area contributed by atoms with Crippen molar-refractivity contribution >= 4 is 7.25 Å². The summed E-state index contributed by atoms with van der Waals surface area (Å²) in [7, 11) is -6.00. The van der Waals surface area contributed by atoms with E-state index in [0.29, 0.717) is 0 Å². The molecular weight excluding hydrogens is 315 g/mol. The van der Waals surface area contributed by atoms with Crippen molar-refractivity contribution in [2.24, 2.45) is 0 Å². The minimum absolute atomic E-state index is 1.32. The van der Waals surface area contributed by atoms with E-state index in [4.69, 9.17) is 0 Å². The van der Waals surface area contributed by atoms with Gasteiger partial charge in [0.25, 0.3) is 0 Å². The summed E-state index contributed by atoms with van der Waals surface area (Å²) in [4.78, 5) is 0. The zero-order valence-corrected chi connectivity index (χ0v) is 16.0. The predicted molar refractivity (Wildman–Crippen MR) is 99.7 cm³/mol. The first-order valence-electron chi connectivity index (χ1n) is 10.1. The van der Waals surface area contributed by atoms with Gasteiger partial charge in [-0.3, -0.25) is 0 Å². The van der Waals surface area contributed by atoms with Crippen LogP contribution in [-0.4, -0.2) is 7.25 Å². The second-order valence-corrected chi connectivity index (χ2v) is 6.60. The Labute approximate surface area is 148 Å². The molecule has 0 atom stereocenters. The first-order chi connectivity index (χ1) is 11.4. The maximum atomic E-state index is 9.75. The molecule has 0 rings (SSSR count). The highest BCUT2D eigenvalue weighted by Gasteiger charge is 2.20. The zero-order chi connectivity index (χ0) is 18.5. The van der Waals surface area contributed by atoms with Crippen LogP contribution in [0.3, 0.4) is 0 Å². The largest absolute Gasteiger partial charge is 0.673 e. The molecule has 0 aromatic heterocycles. The van der Waals surface area contributed by atoms with Gasteiger partial charge >= 0.3 is 7.25 Å². The van der Waals surface area contributed by atoms with Crippen LogP contribution in [0.2, 0.25) is 0 Å². The molecule has 1 radical (unpaired) electrons. The Morgan fingerprint density at radius 2 is 0.833 bits per heavy atom. The number of rotatable bonds is 16. The molecule has 0 amide bonds. The van der Waals surface area contributed by atoms with E-state index in [1.165, 1.54) is 103 Å². The third-order valence-corrected chi connectivity index (χ3v) is 4.00. The lowest BCUT2D eigenvalue weighted by molar-refractivity contribution is 0.368. The Bertz CT molecular complexity index is 198. The lowest BCUT2D eigenvalue weighted by Gasteiger charge is -2.03. The van der Waals surface area contributed by atoms with Crippen molar-refractivity contribution < 1.29 is 17.3 Å². The molecule has 0 bridgehead atoms. The normalized spacial score (nSPS) is 11.2. The summed E-state index contributed by atoms with van der Waals surface area (Å²) >= 11 is 0. The van der Waals surface area contributed by atoms with E-state index in [-0.39, 0.29) is 0 Å². The summed E-state index contributed by atoms with van der Waals surface area (Å²) in [6, 6.07) is 0. The Kier molecular flexibility index (Phi) is 22.6. The number of hydrogen-bond donors (Lipinski definition) is 0. The molecule has 0 aliphatic rings. The summed E-state index contributed by atoms with van der Waals surface area (Å²) < 4.78 is 39.0. The van der Waals surface area contributed by atoms with Crippen LogP contribution in [-0.2, 0) is 0 Å². The average molecular weight is 354 g/mol. The lowest BCUT2D eigenvalue weighted by atomic mass is 10.0. The van der Waals surface area contributed by atoms with E-state index in [0.717, 1.165) is 0 Å². The molecule has 0 spiro atoms. The van der Waals surface area contributed by atoms with Crippen molar-refractivity contribution in [3.8, 4) is 0 Å². The van der Waals surface area contributed by atoms with Crippen LogP contribution < -0.4 is 0 Å². The third kappa shape index (κ3) is 37.8. The molecule has 0 nitrogen and oxygen atoms in total. The van der Waals surface area contributed by atoms with Gasteiger partial charge in [-0.25, -0.2) is 0 Å². The van der Waals surface area contributed by atoms with Gasteiger partial charge in [-0.05, 0) is 6.42 Å². The van der Waals surface area contributed by atoms with Gasteiger partial charge in [0.15, 0.2) is 0 Å². The fourth-order valence-corrected chi connectivity index (χ4v) is 2.65. The van der Waals surface area contributed by atoms with E-state index >= 15 is 0 Å². The van der Waals surface area contributed by atoms with Gasteiger partial charge in [-0.2, -0.15) is 0 Å². The van der Waals surface area contributed by atoms with Crippen molar-refractivity contribution in [3.05, 3.63) is 6.42 Å². The Morgan fingerprint density at radius 1 is 0.500 bits per heavy atom. The van der Waals surface area contributed by atoms with Gasteiger partial charge in [0.05, 0.1) is 0 Å². The first-order valence-corrected chi connectivity index (χ1v) is 10.1. The Hall–Kier alpha value is -0.215. The molecule has 0 saturated heterocycles. The molecule has 0 aliphatic carbocycles. The summed E-state index contributed by atoms with van der Waals surface area (Å²) in [5.41, 5.74) is 0. The van der Waals surface area contributed by atoms with Crippen LogP contribution in [0.4, 0.5) is 17.3 Å². The van der Waals surface area contributed by atoms with Crippen molar-refractivity contribution in [2.45, 2.75) is 117 Å². The molecule has 0 aromatic rings. The number of halogens is 4. The summed E-state index contributed by atoms with van der Waals surface area (Å²) in [5.74, 6) is 0. The fraction of sp³-hybridized carbons (Fsp3) is 0.947. The summed E-state index contributed by atoms with van der Waals surface area (Å²) in [6.45, 7) is 4.56. The maximum absolute atomic E-state index is 9.75. The number of unbranched alkanes of at least 4 members (excludes halogenated alkanes) is 16. The predicted octanol–water partition coefficient (Wildman–Crippen LogP) is 8.77. The van der Waals surface area contributed by atoms with Gasteiger partial charge in [-0.1, -0.05) is 117 Å². The second-order valence-electron chi connectivity index (χ2n) is 6.60. The maximum Gasteiger partial charge on any atom is 0.673 e. The van der Waals surface area contributed by atoms with Crippen molar-refractivity contribution in [1.82, 2.24) is 0 Å². The quantitative estimate of drug-likeness (QED) is 0.148. The van der Waals surface area contributed by atoms with Crippen LogP contribution in [0.15, 0.2) is 0 Å². The van der Waals surface area contributed by atoms with Gasteiger partial charge < -0.3 is 17.3 Å². The molecule has 0 N–H and O–H groups in total. The van der Waals surface area contributed by atoms with Crippen molar-refractivity contribution in [2.75, 3.05) is 0 Å². The molecule has 147 valence electrons. The molecule has 0 heterocycles. The van der Waals surface area contributed by atoms with Crippen LogP contribution in [0, 0.1) is 6.42 Å². The first kappa shape index (κ1) is 26.0. The standard InChI is InChI=1S/C19H39.BF4/c1-3-5-7-9-11-13-15-17-19-18-16-14-12-10-8-6-4-2;2-1(3,4)5/h7H,3-6,8-19H2,1-2H3;/q;-1. The van der Waals surface area contributed by atoms with Crippen LogP contribution in [0.5, 0.6) is 0 Å². The summed E-state index contributed by atoms with van der Waals surface area (Å²) in [5, 5.41) is 0. The van der Waals surface area contributed by atoms with Gasteiger partial charge in [-0.15, -0.1) is 0 Å². The highest BCUT2D eigenvalue weighted by molar-refractivity contribution is 6.50. The van der Waals surface area contributed by atoms with E-state index in [1.54, 1.807) is 0 Å². The molecular formula is C19H39BF4-. The molecule has 0 aliphatic heterocycles. The minimum atomic E-state index is -6.00. The lowest BCUT2D eigenvalue weighted by Crippen LogP contribution is -2.02. The van der Waals surface area contributed by atoms with Crippen LogP contribution in [0.25, 0.3) is 0 Å². The molecule has 24 heavy (non-hydrogen) atoms. The summed E-state index contributed by atoms with van der Waals surface area (Å²) in [6.07, 6.45) is 25.4. The van der Waals surface area contributed by atoms with Gasteiger partial charge in [0, 0.05) is 0 Å². The fourth-order valence-electron chi connectivity index (χ4n) is 2.65. The van der Waals surface area contributed by atoms with Crippen molar-refractivity contribution in [3.63, 3.8) is 0 Å². The second kappa shape index (κ2) is 20.8. The van der Waals surface area contributed by atoms with Gasteiger partial charge in [0.2, 0.25) is 0 Å². The number of hydrogen-bond acceptors (Lipinski definition) is 0. The zero-order valence-electron chi connectivity index (χ0n) is 16.0. The minimum Gasteiger partial charge on any atom is -0.418 e. The SMILES string of the molecule is CCC[CH]CCCCCCCCCCCCCCC.F[B-](F)(F)F. The van der Waals surface area contributed by atoms with E-state index in [9.17, 15) is 17.3 Å². The smallest absolute Gasteiger partial charge is 0.418 e. The topological polar surface area (TPSA) is 0 Å². The highest BCUT2D eigenvalue weighted by atomic mass is 19.5. The molecule has 5 heteroatoms. The third-order valence-electron chi connectivity index (χ3n) is 4.00. The van der Waals surface area contributed by atoms with E-state index < -0.39 is 7.25 Å². The molecule has 0 unspecified atom stereocenters. The van der Waals surface area contributed by atoms with E-state index in [1.807, 2.05) is 0 Å². The molecule has 0 saturated carbocycles. The van der Waals surface area contributed by atoms with E-state index in [2.05, 4.69) is 20.3 Å². The van der Waals surface area contributed by atoms with Crippen LogP contribution in [0.1, 0.15) is 117 Å². The highest BCUT2D eigenvalue weighted by Crippen LogP contribution is 2.13. The Morgan fingerprint density at radius 3 is 1.17 bits per heavy atom. The van der Waals surface area contributed by atoms with Crippen LogP contribution >= 0.6 is 0 Å². The molecule has 0 fully saturated rings. The Balaban J connectivity index is 0. The molecule has 0 aromatic carbocycles. The van der Waals surface area contributed by atoms with Crippen molar-refractivity contribution in [1.29, 1.82) is 0 Å². The average Bonchev–Trinajstić information content (AvgIpc) is 2.49.